The molecule has 2 aromatic heterocycles. The number of anilines is 1. The fraction of sp³-hybridized carbons (Fsp3) is 0.375. The molecule has 1 saturated heterocycles. The number of carbonyl (C=O) groups is 1. The van der Waals surface area contributed by atoms with Gasteiger partial charge in [0.15, 0.2) is 0 Å². The monoisotopic (exact) mass is 316 g/mol. The van der Waals surface area contributed by atoms with Gasteiger partial charge in [-0.15, -0.1) is 0 Å². The van der Waals surface area contributed by atoms with Gasteiger partial charge in [-0.1, -0.05) is 0 Å². The second-order valence-corrected chi connectivity index (χ2v) is 6.07. The summed E-state index contributed by atoms with van der Waals surface area (Å²) in [5.41, 5.74) is 2.46. The van der Waals surface area contributed by atoms with Gasteiger partial charge < -0.3 is 15.1 Å². The number of nitrogens with one attached hydrogen (secondary N) is 1. The molecular formula is C16H20N4OS. The van der Waals surface area contributed by atoms with Gasteiger partial charge >= 0.3 is 6.03 Å². The highest BCUT2D eigenvalue weighted by Gasteiger charge is 2.20. The maximum atomic E-state index is 12.2. The summed E-state index contributed by atoms with van der Waals surface area (Å²) in [4.78, 5) is 20.4. The van der Waals surface area contributed by atoms with E-state index in [1.54, 1.807) is 23.7 Å². The van der Waals surface area contributed by atoms with E-state index in [0.29, 0.717) is 6.54 Å². The maximum Gasteiger partial charge on any atom is 0.317 e. The quantitative estimate of drug-likeness (QED) is 0.941. The van der Waals surface area contributed by atoms with Crippen LogP contribution in [-0.2, 0) is 6.42 Å². The Morgan fingerprint density at radius 2 is 1.95 bits per heavy atom. The minimum atomic E-state index is 0.0459. The first kappa shape index (κ1) is 14.8. The van der Waals surface area contributed by atoms with Crippen LogP contribution in [0.5, 0.6) is 0 Å². The van der Waals surface area contributed by atoms with E-state index < -0.39 is 0 Å². The van der Waals surface area contributed by atoms with Crippen molar-refractivity contribution in [3.05, 3.63) is 46.9 Å². The third-order valence-electron chi connectivity index (χ3n) is 3.86. The van der Waals surface area contributed by atoms with Crippen molar-refractivity contribution >= 4 is 23.1 Å². The van der Waals surface area contributed by atoms with Crippen molar-refractivity contribution in [3.8, 4) is 0 Å². The lowest BCUT2D eigenvalue weighted by atomic mass is 10.2. The Balaban J connectivity index is 1.42. The van der Waals surface area contributed by atoms with Gasteiger partial charge in [-0.05, 0) is 40.9 Å². The third-order valence-corrected chi connectivity index (χ3v) is 4.60. The molecule has 5 nitrogen and oxygen atoms in total. The van der Waals surface area contributed by atoms with E-state index in [1.807, 2.05) is 17.0 Å². The highest BCUT2D eigenvalue weighted by molar-refractivity contribution is 7.07. The molecule has 22 heavy (non-hydrogen) atoms. The van der Waals surface area contributed by atoms with Crippen LogP contribution >= 0.6 is 11.3 Å². The molecular weight excluding hydrogens is 296 g/mol. The van der Waals surface area contributed by atoms with Crippen molar-refractivity contribution in [1.29, 1.82) is 0 Å². The van der Waals surface area contributed by atoms with Crippen LogP contribution in [-0.4, -0.2) is 48.6 Å². The van der Waals surface area contributed by atoms with Crippen molar-refractivity contribution in [2.24, 2.45) is 0 Å². The molecule has 3 heterocycles. The molecule has 1 N–H and O–H groups in total. The smallest absolute Gasteiger partial charge is 0.317 e. The predicted octanol–water partition coefficient (Wildman–Crippen LogP) is 2.22. The fourth-order valence-electron chi connectivity index (χ4n) is 2.58. The summed E-state index contributed by atoms with van der Waals surface area (Å²) in [5, 5.41) is 7.20. The van der Waals surface area contributed by atoms with Crippen LogP contribution in [0.3, 0.4) is 0 Å². The zero-order valence-corrected chi connectivity index (χ0v) is 13.3. The van der Waals surface area contributed by atoms with Gasteiger partial charge in [0.25, 0.3) is 0 Å². The Labute approximate surface area is 134 Å². The third kappa shape index (κ3) is 3.76. The summed E-state index contributed by atoms with van der Waals surface area (Å²) < 4.78 is 0. The van der Waals surface area contributed by atoms with Crippen LogP contribution in [0.2, 0.25) is 0 Å². The van der Waals surface area contributed by atoms with Crippen molar-refractivity contribution in [1.82, 2.24) is 15.2 Å². The molecule has 0 unspecified atom stereocenters. The normalized spacial score (nSPS) is 14.9. The van der Waals surface area contributed by atoms with Gasteiger partial charge in [-0.25, -0.2) is 4.79 Å². The number of aromatic nitrogens is 1. The lowest BCUT2D eigenvalue weighted by molar-refractivity contribution is 0.194. The van der Waals surface area contributed by atoms with Crippen molar-refractivity contribution in [2.45, 2.75) is 6.42 Å². The SMILES string of the molecule is O=C(NCCc1ccsc1)N1CCN(c2ccncc2)CC1. The van der Waals surface area contributed by atoms with Crippen molar-refractivity contribution < 1.29 is 4.79 Å². The first-order chi connectivity index (χ1) is 10.8. The molecule has 1 aliphatic heterocycles. The fourth-order valence-corrected chi connectivity index (χ4v) is 3.29. The van der Waals surface area contributed by atoms with E-state index in [1.165, 1.54) is 11.3 Å². The molecule has 1 fully saturated rings. The summed E-state index contributed by atoms with van der Waals surface area (Å²) in [5.74, 6) is 0. The van der Waals surface area contributed by atoms with E-state index in [9.17, 15) is 4.79 Å². The summed E-state index contributed by atoms with van der Waals surface area (Å²) >= 11 is 1.69. The topological polar surface area (TPSA) is 48.5 Å². The first-order valence-corrected chi connectivity index (χ1v) is 8.46. The van der Waals surface area contributed by atoms with E-state index in [4.69, 9.17) is 0 Å². The van der Waals surface area contributed by atoms with Crippen LogP contribution in [0.25, 0.3) is 0 Å². The summed E-state index contributed by atoms with van der Waals surface area (Å²) in [7, 11) is 0. The molecule has 0 bridgehead atoms. The minimum absolute atomic E-state index is 0.0459. The number of rotatable bonds is 4. The van der Waals surface area contributed by atoms with Crippen LogP contribution in [0.4, 0.5) is 10.5 Å². The molecule has 0 aliphatic carbocycles. The highest BCUT2D eigenvalue weighted by Crippen LogP contribution is 2.14. The van der Waals surface area contributed by atoms with Crippen molar-refractivity contribution in [3.63, 3.8) is 0 Å². The average Bonchev–Trinajstić information content (AvgIpc) is 3.09. The number of carbonyl (C=O) groups excluding carboxylic acids is 1. The number of nitrogens with zero attached hydrogens (tertiary/aromatic N) is 3. The molecule has 116 valence electrons. The Bertz CT molecular complexity index is 579. The largest absolute Gasteiger partial charge is 0.368 e. The van der Waals surface area contributed by atoms with E-state index in [0.717, 1.165) is 32.6 Å². The number of pyridine rings is 1. The molecule has 0 radical (unpaired) electrons. The Hall–Kier alpha value is -2.08. The van der Waals surface area contributed by atoms with E-state index in [-0.39, 0.29) is 6.03 Å². The number of amides is 2. The van der Waals surface area contributed by atoms with Crippen LogP contribution in [0.1, 0.15) is 5.56 Å². The number of thiophene rings is 1. The van der Waals surface area contributed by atoms with Gasteiger partial charge in [0.05, 0.1) is 0 Å². The Kier molecular flexibility index (Phi) is 4.90. The zero-order chi connectivity index (χ0) is 15.2. The molecule has 2 aromatic rings. The molecule has 2 amide bonds. The molecule has 0 aromatic carbocycles. The number of hydrogen-bond acceptors (Lipinski definition) is 4. The summed E-state index contributed by atoms with van der Waals surface area (Å²) in [6.07, 6.45) is 4.50. The van der Waals surface area contributed by atoms with Crippen LogP contribution in [0, 0.1) is 0 Å². The minimum Gasteiger partial charge on any atom is -0.368 e. The predicted molar refractivity (Wildman–Crippen MR) is 89.4 cm³/mol. The summed E-state index contributed by atoms with van der Waals surface area (Å²) in [6, 6.07) is 6.17. The lowest BCUT2D eigenvalue weighted by Crippen LogP contribution is -2.52. The highest BCUT2D eigenvalue weighted by atomic mass is 32.1. The molecule has 1 aliphatic rings. The lowest BCUT2D eigenvalue weighted by Gasteiger charge is -2.36. The first-order valence-electron chi connectivity index (χ1n) is 7.52. The maximum absolute atomic E-state index is 12.2. The van der Waals surface area contributed by atoms with E-state index >= 15 is 0 Å². The molecule has 3 rings (SSSR count). The van der Waals surface area contributed by atoms with Gasteiger partial charge in [0, 0.05) is 50.8 Å². The summed E-state index contributed by atoms with van der Waals surface area (Å²) in [6.45, 7) is 3.93. The van der Waals surface area contributed by atoms with Crippen LogP contribution < -0.4 is 10.2 Å². The van der Waals surface area contributed by atoms with Gasteiger partial charge in [-0.2, -0.15) is 11.3 Å². The molecule has 6 heteroatoms. The second kappa shape index (κ2) is 7.26. The molecule has 0 spiro atoms. The van der Waals surface area contributed by atoms with Gasteiger partial charge in [0.2, 0.25) is 0 Å². The van der Waals surface area contributed by atoms with Crippen molar-refractivity contribution in [2.75, 3.05) is 37.6 Å². The van der Waals surface area contributed by atoms with Crippen LogP contribution in [0.15, 0.2) is 41.4 Å². The van der Waals surface area contributed by atoms with Gasteiger partial charge in [-0.3, -0.25) is 4.98 Å². The second-order valence-electron chi connectivity index (χ2n) is 5.29. The molecule has 0 saturated carbocycles. The Morgan fingerprint density at radius 3 is 2.64 bits per heavy atom. The molecule has 0 atom stereocenters. The average molecular weight is 316 g/mol. The number of piperazine rings is 1. The number of hydrogen-bond donors (Lipinski definition) is 1. The van der Waals surface area contributed by atoms with Gasteiger partial charge in [0.1, 0.15) is 0 Å². The van der Waals surface area contributed by atoms with E-state index in [2.05, 4.69) is 32.0 Å². The Morgan fingerprint density at radius 1 is 1.18 bits per heavy atom. The number of urea groups is 1. The standard InChI is InChI=1S/C16H20N4OS/c21-16(18-7-1-14-4-12-22-13-14)20-10-8-19(9-11-20)15-2-5-17-6-3-15/h2-6,12-13H,1,7-11H2,(H,18,21). The zero-order valence-electron chi connectivity index (χ0n) is 12.4.